The van der Waals surface area contributed by atoms with Crippen LogP contribution in [0.5, 0.6) is 0 Å². The minimum absolute atomic E-state index is 0. The molecule has 0 aromatic heterocycles. The third kappa shape index (κ3) is 3.86. The number of nitrogens with zero attached hydrogens (tertiary/aromatic N) is 2. The van der Waals surface area contributed by atoms with E-state index in [-0.39, 0.29) is 24.2 Å². The van der Waals surface area contributed by atoms with E-state index in [2.05, 4.69) is 21.0 Å². The van der Waals surface area contributed by atoms with Crippen molar-refractivity contribution < 1.29 is 9.90 Å². The first-order valence-electron chi connectivity index (χ1n) is 6.76. The molecule has 3 rings (SSSR count). The van der Waals surface area contributed by atoms with Crippen LogP contribution in [-0.2, 0) is 4.79 Å². The Hall–Kier alpha value is -1.27. The van der Waals surface area contributed by atoms with Gasteiger partial charge in [-0.3, -0.25) is 5.01 Å². The summed E-state index contributed by atoms with van der Waals surface area (Å²) >= 11 is 15.6. The van der Waals surface area contributed by atoms with Gasteiger partial charge in [0.05, 0.1) is 16.8 Å². The van der Waals surface area contributed by atoms with Crippen LogP contribution in [0.15, 0.2) is 52.0 Å². The molecule has 0 saturated heterocycles. The lowest BCUT2D eigenvalue weighted by Gasteiger charge is -2.25. The summed E-state index contributed by atoms with van der Waals surface area (Å²) in [6.07, 6.45) is 0.302. The maximum absolute atomic E-state index is 11.3. The highest BCUT2D eigenvalue weighted by Gasteiger charge is 2.33. The Morgan fingerprint density at radius 3 is 2.46 bits per heavy atom. The zero-order valence-electron chi connectivity index (χ0n) is 12.1. The maximum Gasteiger partial charge on any atom is 0.352 e. The summed E-state index contributed by atoms with van der Waals surface area (Å²) in [5.74, 6) is -1.03. The SMILES string of the molecule is Cl.O=C(O)C1=NN(c2ccc(Cl)cc2Cl)C(c2ccc(Br)cc2)C1. The number of rotatable bonds is 3. The van der Waals surface area contributed by atoms with Crippen LogP contribution in [0, 0.1) is 0 Å². The summed E-state index contributed by atoms with van der Waals surface area (Å²) in [6.45, 7) is 0. The second kappa shape index (κ2) is 7.74. The van der Waals surface area contributed by atoms with Crippen molar-refractivity contribution in [2.24, 2.45) is 5.10 Å². The maximum atomic E-state index is 11.3. The zero-order chi connectivity index (χ0) is 16.6. The molecule has 4 nitrogen and oxygen atoms in total. The third-order valence-electron chi connectivity index (χ3n) is 3.57. The number of carboxylic acid groups (broad SMARTS) is 1. The monoisotopic (exact) mass is 448 g/mol. The summed E-state index contributed by atoms with van der Waals surface area (Å²) in [4.78, 5) is 11.3. The van der Waals surface area contributed by atoms with Crippen LogP contribution in [-0.4, -0.2) is 16.8 Å². The minimum atomic E-state index is -1.03. The number of carboxylic acids is 1. The molecule has 1 atom stereocenters. The lowest BCUT2D eigenvalue weighted by Crippen LogP contribution is -2.19. The van der Waals surface area contributed by atoms with Gasteiger partial charge >= 0.3 is 5.97 Å². The van der Waals surface area contributed by atoms with Crippen molar-refractivity contribution in [2.75, 3.05) is 5.01 Å². The molecule has 0 amide bonds. The molecule has 1 aliphatic rings. The van der Waals surface area contributed by atoms with Crippen LogP contribution in [0.1, 0.15) is 18.0 Å². The number of halogens is 4. The molecule has 1 unspecified atom stereocenters. The van der Waals surface area contributed by atoms with Gasteiger partial charge in [0.15, 0.2) is 0 Å². The van der Waals surface area contributed by atoms with Crippen molar-refractivity contribution in [1.82, 2.24) is 0 Å². The highest BCUT2D eigenvalue weighted by Crippen LogP contribution is 2.39. The van der Waals surface area contributed by atoms with E-state index in [1.54, 1.807) is 23.2 Å². The van der Waals surface area contributed by atoms with Crippen LogP contribution in [0.25, 0.3) is 0 Å². The summed E-state index contributed by atoms with van der Waals surface area (Å²) in [5.41, 5.74) is 1.68. The predicted octanol–water partition coefficient (Wildman–Crippen LogP) is 5.57. The van der Waals surface area contributed by atoms with Crippen LogP contribution < -0.4 is 5.01 Å². The molecule has 0 fully saturated rings. The molecule has 2 aromatic carbocycles. The predicted molar refractivity (Wildman–Crippen MR) is 103 cm³/mol. The summed E-state index contributed by atoms with van der Waals surface area (Å²) in [5, 5.41) is 16.1. The van der Waals surface area contributed by atoms with E-state index >= 15 is 0 Å². The van der Waals surface area contributed by atoms with Crippen LogP contribution in [0.4, 0.5) is 5.69 Å². The van der Waals surface area contributed by atoms with Gasteiger partial charge < -0.3 is 5.11 Å². The van der Waals surface area contributed by atoms with E-state index in [1.165, 1.54) is 0 Å². The van der Waals surface area contributed by atoms with Crippen molar-refractivity contribution in [3.8, 4) is 0 Å². The number of benzene rings is 2. The average molecular weight is 451 g/mol. The van der Waals surface area contributed by atoms with Crippen molar-refractivity contribution in [3.63, 3.8) is 0 Å². The normalized spacial score (nSPS) is 16.5. The molecular weight excluding hydrogens is 438 g/mol. The molecule has 1 heterocycles. The number of hydrogen-bond donors (Lipinski definition) is 1. The van der Waals surface area contributed by atoms with E-state index in [0.717, 1.165) is 10.0 Å². The standard InChI is InChI=1S/C16H11BrCl2N2O2.ClH/c17-10-3-1-9(2-4-10)15-8-13(16(22)23)20-21(15)14-6-5-11(18)7-12(14)19;/h1-7,15H,8H2,(H,22,23);1H. The lowest BCUT2D eigenvalue weighted by atomic mass is 10.0. The van der Waals surface area contributed by atoms with Gasteiger partial charge in [-0.2, -0.15) is 5.10 Å². The highest BCUT2D eigenvalue weighted by atomic mass is 79.9. The first kappa shape index (κ1) is 19.1. The summed E-state index contributed by atoms with van der Waals surface area (Å²) < 4.78 is 0.953. The Balaban J connectivity index is 0.00000208. The highest BCUT2D eigenvalue weighted by molar-refractivity contribution is 9.10. The summed E-state index contributed by atoms with van der Waals surface area (Å²) in [7, 11) is 0. The van der Waals surface area contributed by atoms with Gasteiger partial charge in [0.1, 0.15) is 5.71 Å². The van der Waals surface area contributed by atoms with Crippen LogP contribution in [0.3, 0.4) is 0 Å². The first-order chi connectivity index (χ1) is 11.0. The zero-order valence-corrected chi connectivity index (χ0v) is 16.0. The molecule has 24 heavy (non-hydrogen) atoms. The van der Waals surface area contributed by atoms with E-state index in [9.17, 15) is 9.90 Å². The molecule has 8 heteroatoms. The van der Waals surface area contributed by atoms with E-state index in [0.29, 0.717) is 22.2 Å². The molecule has 2 aromatic rings. The fourth-order valence-corrected chi connectivity index (χ4v) is 3.23. The number of anilines is 1. The van der Waals surface area contributed by atoms with Gasteiger partial charge in [-0.05, 0) is 35.9 Å². The van der Waals surface area contributed by atoms with Crippen molar-refractivity contribution >= 4 is 68.9 Å². The number of carbonyl (C=O) groups is 1. The molecule has 0 bridgehead atoms. The Morgan fingerprint density at radius 2 is 1.88 bits per heavy atom. The topological polar surface area (TPSA) is 52.9 Å². The summed E-state index contributed by atoms with van der Waals surface area (Å²) in [6, 6.07) is 12.5. The number of hydrazone groups is 1. The van der Waals surface area contributed by atoms with Crippen molar-refractivity contribution in [3.05, 3.63) is 62.5 Å². The smallest absolute Gasteiger partial charge is 0.352 e. The largest absolute Gasteiger partial charge is 0.477 e. The second-order valence-electron chi connectivity index (χ2n) is 5.06. The van der Waals surface area contributed by atoms with E-state index < -0.39 is 5.97 Å². The third-order valence-corrected chi connectivity index (χ3v) is 4.64. The van der Waals surface area contributed by atoms with Crippen LogP contribution in [0.2, 0.25) is 10.0 Å². The molecule has 1 aliphatic heterocycles. The molecule has 0 spiro atoms. The van der Waals surface area contributed by atoms with Gasteiger partial charge in [-0.25, -0.2) is 4.79 Å². The molecule has 0 aliphatic carbocycles. The number of aliphatic carboxylic acids is 1. The Labute approximate surface area is 163 Å². The Morgan fingerprint density at radius 1 is 1.21 bits per heavy atom. The minimum Gasteiger partial charge on any atom is -0.477 e. The van der Waals surface area contributed by atoms with Gasteiger partial charge in [-0.1, -0.05) is 51.3 Å². The van der Waals surface area contributed by atoms with Gasteiger partial charge in [0.25, 0.3) is 0 Å². The molecule has 0 radical (unpaired) electrons. The molecule has 1 N–H and O–H groups in total. The van der Waals surface area contributed by atoms with E-state index in [1.807, 2.05) is 24.3 Å². The van der Waals surface area contributed by atoms with Crippen molar-refractivity contribution in [2.45, 2.75) is 12.5 Å². The number of hydrogen-bond acceptors (Lipinski definition) is 3. The van der Waals surface area contributed by atoms with Crippen molar-refractivity contribution in [1.29, 1.82) is 0 Å². The first-order valence-corrected chi connectivity index (χ1v) is 8.31. The van der Waals surface area contributed by atoms with Gasteiger partial charge in [-0.15, -0.1) is 12.4 Å². The Kier molecular flexibility index (Phi) is 6.15. The quantitative estimate of drug-likeness (QED) is 0.665. The second-order valence-corrected chi connectivity index (χ2v) is 6.82. The molecule has 0 saturated carbocycles. The Bertz CT molecular complexity index is 796. The van der Waals surface area contributed by atoms with Gasteiger partial charge in [0.2, 0.25) is 0 Å². The van der Waals surface area contributed by atoms with E-state index in [4.69, 9.17) is 23.2 Å². The fraction of sp³-hybridized carbons (Fsp3) is 0.125. The lowest BCUT2D eigenvalue weighted by molar-refractivity contribution is -0.129. The molecular formula is C16H12BrCl3N2O2. The van der Waals surface area contributed by atoms with Crippen LogP contribution >= 0.6 is 51.5 Å². The van der Waals surface area contributed by atoms with Gasteiger partial charge in [0, 0.05) is 15.9 Å². The molecule has 126 valence electrons. The average Bonchev–Trinajstić information content (AvgIpc) is 2.93. The fourth-order valence-electron chi connectivity index (χ4n) is 2.47.